The fraction of sp³-hybridized carbons (Fsp3) is 0.200. The second-order valence-corrected chi connectivity index (χ2v) is 6.34. The minimum absolute atomic E-state index is 0.524. The number of aliphatic hydroxyl groups is 1. The molecular weight excluding hydrogens is 344 g/mol. The summed E-state index contributed by atoms with van der Waals surface area (Å²) >= 11 is 8.28. The number of aliphatic hydroxyl groups excluding tert-OH is 1. The molecule has 1 unspecified atom stereocenters. The maximum Gasteiger partial charge on any atom is 0.174 e. The highest BCUT2D eigenvalue weighted by molar-refractivity contribution is 9.11. The van der Waals surface area contributed by atoms with E-state index in [2.05, 4.69) is 31.9 Å². The van der Waals surface area contributed by atoms with Crippen molar-refractivity contribution in [3.05, 3.63) is 43.4 Å². The molecule has 2 aromatic rings. The van der Waals surface area contributed by atoms with Gasteiger partial charge < -0.3 is 9.52 Å². The number of hydrogen-bond acceptors (Lipinski definition) is 3. The third-order valence-corrected chi connectivity index (χ3v) is 4.32. The summed E-state index contributed by atoms with van der Waals surface area (Å²) in [5.41, 5.74) is 0.791. The summed E-state index contributed by atoms with van der Waals surface area (Å²) in [7, 11) is 0. The summed E-state index contributed by atoms with van der Waals surface area (Å²) in [6.45, 7) is 0. The molecule has 2 aromatic heterocycles. The van der Waals surface area contributed by atoms with Crippen LogP contribution in [0.4, 0.5) is 0 Å². The third-order valence-electron chi connectivity index (χ3n) is 2.03. The topological polar surface area (TPSA) is 33.4 Å². The molecule has 0 aliphatic rings. The number of rotatable bonds is 3. The van der Waals surface area contributed by atoms with Gasteiger partial charge in [-0.25, -0.2) is 0 Å². The first-order valence-electron chi connectivity index (χ1n) is 4.32. The van der Waals surface area contributed by atoms with Crippen molar-refractivity contribution in [3.8, 4) is 0 Å². The van der Waals surface area contributed by atoms with E-state index < -0.39 is 6.10 Å². The minimum atomic E-state index is -0.524. The van der Waals surface area contributed by atoms with E-state index in [1.54, 1.807) is 23.7 Å². The van der Waals surface area contributed by atoms with Crippen molar-refractivity contribution in [1.82, 2.24) is 0 Å². The predicted molar refractivity (Wildman–Crippen MR) is 67.1 cm³/mol. The third kappa shape index (κ3) is 2.72. The number of halogens is 2. The van der Waals surface area contributed by atoms with Gasteiger partial charge in [-0.05, 0) is 50.1 Å². The smallest absolute Gasteiger partial charge is 0.174 e. The molecule has 0 fully saturated rings. The summed E-state index contributed by atoms with van der Waals surface area (Å²) in [6, 6.07) is 5.76. The van der Waals surface area contributed by atoms with Crippen molar-refractivity contribution >= 4 is 43.2 Å². The fourth-order valence-corrected chi connectivity index (χ4v) is 3.33. The standard InChI is InChI=1S/C10H8Br2O2S/c11-9-2-1-6(15-9)5-8(13)7-3-4-14-10(7)12/h1-4,8,13H,5H2. The van der Waals surface area contributed by atoms with Gasteiger partial charge in [-0.3, -0.25) is 0 Å². The molecule has 2 heterocycles. The molecule has 1 atom stereocenters. The number of hydrogen-bond donors (Lipinski definition) is 1. The van der Waals surface area contributed by atoms with Crippen LogP contribution >= 0.6 is 43.2 Å². The Morgan fingerprint density at radius 2 is 2.13 bits per heavy atom. The van der Waals surface area contributed by atoms with E-state index in [1.165, 1.54) is 0 Å². The summed E-state index contributed by atoms with van der Waals surface area (Å²) in [6.07, 6.45) is 1.64. The maximum atomic E-state index is 9.95. The highest BCUT2D eigenvalue weighted by atomic mass is 79.9. The largest absolute Gasteiger partial charge is 0.457 e. The molecule has 0 aliphatic heterocycles. The Morgan fingerprint density at radius 1 is 1.33 bits per heavy atom. The van der Waals surface area contributed by atoms with Crippen molar-refractivity contribution in [1.29, 1.82) is 0 Å². The van der Waals surface area contributed by atoms with E-state index in [0.29, 0.717) is 11.1 Å². The van der Waals surface area contributed by atoms with Crippen LogP contribution in [-0.4, -0.2) is 5.11 Å². The van der Waals surface area contributed by atoms with Gasteiger partial charge in [0, 0.05) is 16.9 Å². The van der Waals surface area contributed by atoms with Gasteiger partial charge in [0.15, 0.2) is 4.67 Å². The van der Waals surface area contributed by atoms with Crippen molar-refractivity contribution in [3.63, 3.8) is 0 Å². The lowest BCUT2D eigenvalue weighted by Crippen LogP contribution is -1.99. The first-order valence-corrected chi connectivity index (χ1v) is 6.72. The summed E-state index contributed by atoms with van der Waals surface area (Å²) in [5, 5.41) is 9.95. The molecule has 2 nitrogen and oxygen atoms in total. The van der Waals surface area contributed by atoms with Crippen LogP contribution < -0.4 is 0 Å². The second-order valence-electron chi connectivity index (χ2n) is 3.08. The van der Waals surface area contributed by atoms with Crippen LogP contribution in [0, 0.1) is 0 Å². The van der Waals surface area contributed by atoms with Crippen molar-refractivity contribution in [2.45, 2.75) is 12.5 Å². The Labute approximate surface area is 108 Å². The van der Waals surface area contributed by atoms with Crippen LogP contribution in [-0.2, 0) is 6.42 Å². The van der Waals surface area contributed by atoms with E-state index in [0.717, 1.165) is 14.2 Å². The Balaban J connectivity index is 2.10. The highest BCUT2D eigenvalue weighted by Gasteiger charge is 2.15. The highest BCUT2D eigenvalue weighted by Crippen LogP contribution is 2.30. The first-order chi connectivity index (χ1) is 7.16. The van der Waals surface area contributed by atoms with Gasteiger partial charge in [-0.15, -0.1) is 11.3 Å². The van der Waals surface area contributed by atoms with Gasteiger partial charge in [-0.1, -0.05) is 0 Å². The zero-order valence-electron chi connectivity index (χ0n) is 7.61. The molecule has 0 radical (unpaired) electrons. The maximum absolute atomic E-state index is 9.95. The van der Waals surface area contributed by atoms with E-state index in [-0.39, 0.29) is 0 Å². The van der Waals surface area contributed by atoms with Gasteiger partial charge >= 0.3 is 0 Å². The SMILES string of the molecule is OC(Cc1ccc(Br)s1)c1ccoc1Br. The van der Waals surface area contributed by atoms with Crippen LogP contribution in [0.5, 0.6) is 0 Å². The second kappa shape index (κ2) is 4.82. The number of furan rings is 1. The molecule has 0 amide bonds. The molecule has 0 saturated carbocycles. The van der Waals surface area contributed by atoms with Crippen LogP contribution in [0.15, 0.2) is 37.3 Å². The van der Waals surface area contributed by atoms with E-state index in [9.17, 15) is 5.11 Å². The zero-order valence-corrected chi connectivity index (χ0v) is 11.6. The Morgan fingerprint density at radius 3 is 2.67 bits per heavy atom. The average molecular weight is 352 g/mol. The van der Waals surface area contributed by atoms with Gasteiger partial charge in [0.1, 0.15) is 0 Å². The van der Waals surface area contributed by atoms with E-state index >= 15 is 0 Å². The lowest BCUT2D eigenvalue weighted by atomic mass is 10.1. The molecule has 0 spiro atoms. The lowest BCUT2D eigenvalue weighted by Gasteiger charge is -2.06. The number of thiophene rings is 1. The summed E-state index contributed by atoms with van der Waals surface area (Å²) in [4.78, 5) is 1.14. The van der Waals surface area contributed by atoms with Gasteiger partial charge in [-0.2, -0.15) is 0 Å². The zero-order chi connectivity index (χ0) is 10.8. The van der Waals surface area contributed by atoms with Crippen LogP contribution in [0.25, 0.3) is 0 Å². The van der Waals surface area contributed by atoms with Gasteiger partial charge in [0.05, 0.1) is 16.2 Å². The lowest BCUT2D eigenvalue weighted by molar-refractivity contribution is 0.177. The molecule has 5 heteroatoms. The van der Waals surface area contributed by atoms with Crippen LogP contribution in [0.1, 0.15) is 16.5 Å². The minimum Gasteiger partial charge on any atom is -0.457 e. The Hall–Kier alpha value is -0.100. The quantitative estimate of drug-likeness (QED) is 0.901. The van der Waals surface area contributed by atoms with Gasteiger partial charge in [0.2, 0.25) is 0 Å². The summed E-state index contributed by atoms with van der Waals surface area (Å²) < 4.78 is 6.76. The van der Waals surface area contributed by atoms with E-state index in [4.69, 9.17) is 4.42 Å². The van der Waals surface area contributed by atoms with Crippen molar-refractivity contribution in [2.24, 2.45) is 0 Å². The van der Waals surface area contributed by atoms with Crippen molar-refractivity contribution in [2.75, 3.05) is 0 Å². The predicted octanol–water partition coefficient (Wildman–Crippen LogP) is 4.14. The summed E-state index contributed by atoms with van der Waals surface area (Å²) in [5.74, 6) is 0. The molecule has 80 valence electrons. The molecule has 1 N–H and O–H groups in total. The molecule has 0 aromatic carbocycles. The van der Waals surface area contributed by atoms with Crippen LogP contribution in [0.2, 0.25) is 0 Å². The Bertz CT molecular complexity index is 450. The van der Waals surface area contributed by atoms with Crippen molar-refractivity contribution < 1.29 is 9.52 Å². The molecule has 0 bridgehead atoms. The van der Waals surface area contributed by atoms with Crippen LogP contribution in [0.3, 0.4) is 0 Å². The van der Waals surface area contributed by atoms with Gasteiger partial charge in [0.25, 0.3) is 0 Å². The molecule has 0 saturated heterocycles. The molecule has 2 rings (SSSR count). The molecule has 15 heavy (non-hydrogen) atoms. The van der Waals surface area contributed by atoms with E-state index in [1.807, 2.05) is 12.1 Å². The fourth-order valence-electron chi connectivity index (χ4n) is 1.30. The Kier molecular flexibility index (Phi) is 3.66. The molecular formula is C10H8Br2O2S. The monoisotopic (exact) mass is 350 g/mol. The normalized spacial score (nSPS) is 13.0. The average Bonchev–Trinajstić information content (AvgIpc) is 2.75. The first kappa shape index (κ1) is 11.4. The molecule has 0 aliphatic carbocycles.